The van der Waals surface area contributed by atoms with Gasteiger partial charge < -0.3 is 4.57 Å². The van der Waals surface area contributed by atoms with Crippen molar-refractivity contribution in [3.63, 3.8) is 0 Å². The second kappa shape index (κ2) is 4.75. The van der Waals surface area contributed by atoms with Crippen molar-refractivity contribution in [2.75, 3.05) is 0 Å². The molecule has 1 heterocycles. The van der Waals surface area contributed by atoms with E-state index in [-0.39, 0.29) is 0 Å². The van der Waals surface area contributed by atoms with Gasteiger partial charge in [-0.1, -0.05) is 41.9 Å². The number of benzene rings is 2. The Morgan fingerprint density at radius 1 is 1.00 bits per heavy atom. The Morgan fingerprint density at radius 2 is 1.79 bits per heavy atom. The fraction of sp³-hybridized carbons (Fsp3) is 0.176. The average molecular weight is 270 g/mol. The lowest BCUT2D eigenvalue weighted by Crippen LogP contribution is -1.98. The molecule has 0 saturated heterocycles. The summed E-state index contributed by atoms with van der Waals surface area (Å²) in [5.74, 6) is 0. The summed E-state index contributed by atoms with van der Waals surface area (Å²) in [4.78, 5) is 0. The van der Waals surface area contributed by atoms with E-state index in [1.54, 1.807) is 0 Å². The Labute approximate surface area is 118 Å². The van der Waals surface area contributed by atoms with Crippen molar-refractivity contribution in [3.05, 3.63) is 70.4 Å². The number of fused-ring (bicyclic) bond motifs is 1. The van der Waals surface area contributed by atoms with Gasteiger partial charge in [0.1, 0.15) is 0 Å². The van der Waals surface area contributed by atoms with E-state index in [0.29, 0.717) is 0 Å². The molecule has 3 rings (SSSR count). The van der Waals surface area contributed by atoms with Crippen LogP contribution in [0.5, 0.6) is 0 Å². The van der Waals surface area contributed by atoms with Gasteiger partial charge in [-0.3, -0.25) is 0 Å². The molecule has 0 fully saturated rings. The number of aromatic nitrogens is 1. The highest BCUT2D eigenvalue weighted by Gasteiger charge is 2.05. The number of rotatable bonds is 2. The minimum atomic E-state index is 0.831. The van der Waals surface area contributed by atoms with E-state index in [4.69, 9.17) is 11.6 Å². The van der Waals surface area contributed by atoms with Gasteiger partial charge in [0, 0.05) is 28.7 Å². The Hall–Kier alpha value is -1.73. The maximum Gasteiger partial charge on any atom is 0.0486 e. The highest BCUT2D eigenvalue weighted by molar-refractivity contribution is 6.31. The minimum Gasteiger partial charge on any atom is -0.343 e. The van der Waals surface area contributed by atoms with Crippen molar-refractivity contribution < 1.29 is 0 Å². The van der Waals surface area contributed by atoms with Gasteiger partial charge in [-0.15, -0.1) is 0 Å². The van der Waals surface area contributed by atoms with E-state index >= 15 is 0 Å². The van der Waals surface area contributed by atoms with E-state index in [0.717, 1.165) is 17.1 Å². The van der Waals surface area contributed by atoms with Gasteiger partial charge in [0.25, 0.3) is 0 Å². The van der Waals surface area contributed by atoms with Gasteiger partial charge >= 0.3 is 0 Å². The number of hydrogen-bond donors (Lipinski definition) is 0. The first-order chi connectivity index (χ1) is 9.15. The van der Waals surface area contributed by atoms with E-state index in [9.17, 15) is 0 Å². The predicted molar refractivity (Wildman–Crippen MR) is 82.0 cm³/mol. The second-order valence-corrected chi connectivity index (χ2v) is 5.45. The van der Waals surface area contributed by atoms with E-state index in [1.165, 1.54) is 22.0 Å². The van der Waals surface area contributed by atoms with Crippen LogP contribution in [0.1, 0.15) is 16.7 Å². The van der Waals surface area contributed by atoms with Crippen LogP contribution in [0.4, 0.5) is 0 Å². The van der Waals surface area contributed by atoms with Crippen LogP contribution >= 0.6 is 11.6 Å². The fourth-order valence-electron chi connectivity index (χ4n) is 2.56. The maximum absolute atomic E-state index is 6.08. The Kier molecular flexibility index (Phi) is 3.08. The quantitative estimate of drug-likeness (QED) is 0.620. The zero-order valence-electron chi connectivity index (χ0n) is 11.2. The van der Waals surface area contributed by atoms with Gasteiger partial charge in [0.15, 0.2) is 0 Å². The van der Waals surface area contributed by atoms with Crippen LogP contribution in [0, 0.1) is 13.8 Å². The number of hydrogen-bond acceptors (Lipinski definition) is 0. The standard InChI is InChI=1S/C17H16ClN/c1-12-9-14(7-8-16(12)18)11-19-10-13(2)15-5-3-4-6-17(15)19/h3-10H,11H2,1-2H3. The van der Waals surface area contributed by atoms with Gasteiger partial charge in [0.2, 0.25) is 0 Å². The molecule has 2 heteroatoms. The molecule has 1 aromatic heterocycles. The summed E-state index contributed by atoms with van der Waals surface area (Å²) in [5.41, 5.74) is 5.02. The van der Waals surface area contributed by atoms with Crippen LogP contribution in [0.25, 0.3) is 10.9 Å². The third kappa shape index (κ3) is 2.26. The maximum atomic E-state index is 6.08. The van der Waals surface area contributed by atoms with Crippen molar-refractivity contribution in [1.82, 2.24) is 4.57 Å². The lowest BCUT2D eigenvalue weighted by molar-refractivity contribution is 0.833. The van der Waals surface area contributed by atoms with Gasteiger partial charge in [-0.25, -0.2) is 0 Å². The molecule has 0 aliphatic carbocycles. The van der Waals surface area contributed by atoms with Crippen molar-refractivity contribution >= 4 is 22.5 Å². The Bertz CT molecular complexity index is 740. The highest BCUT2D eigenvalue weighted by atomic mass is 35.5. The number of nitrogens with zero attached hydrogens (tertiary/aromatic N) is 1. The van der Waals surface area contributed by atoms with Gasteiger partial charge in [-0.05, 0) is 42.7 Å². The van der Waals surface area contributed by atoms with E-state index in [1.807, 2.05) is 13.0 Å². The molecule has 19 heavy (non-hydrogen) atoms. The molecule has 0 spiro atoms. The zero-order valence-corrected chi connectivity index (χ0v) is 11.9. The third-order valence-electron chi connectivity index (χ3n) is 3.56. The first-order valence-corrected chi connectivity index (χ1v) is 6.82. The van der Waals surface area contributed by atoms with Crippen LogP contribution < -0.4 is 0 Å². The monoisotopic (exact) mass is 269 g/mol. The molecule has 0 aliphatic rings. The molecule has 0 atom stereocenters. The largest absolute Gasteiger partial charge is 0.343 e. The van der Waals surface area contributed by atoms with Crippen LogP contribution in [-0.4, -0.2) is 4.57 Å². The molecule has 0 unspecified atom stereocenters. The zero-order chi connectivity index (χ0) is 13.4. The molecule has 0 amide bonds. The van der Waals surface area contributed by atoms with Crippen molar-refractivity contribution in [3.8, 4) is 0 Å². The van der Waals surface area contributed by atoms with E-state index < -0.39 is 0 Å². The lowest BCUT2D eigenvalue weighted by atomic mass is 10.1. The molecule has 0 saturated carbocycles. The second-order valence-electron chi connectivity index (χ2n) is 5.04. The number of para-hydroxylation sites is 1. The molecule has 0 bridgehead atoms. The average Bonchev–Trinajstić information content (AvgIpc) is 2.72. The first-order valence-electron chi connectivity index (χ1n) is 6.44. The molecular formula is C17H16ClN. The van der Waals surface area contributed by atoms with Crippen LogP contribution in [0.15, 0.2) is 48.7 Å². The summed E-state index contributed by atoms with van der Waals surface area (Å²) in [6.45, 7) is 5.09. The van der Waals surface area contributed by atoms with Crippen molar-refractivity contribution in [2.45, 2.75) is 20.4 Å². The fourth-order valence-corrected chi connectivity index (χ4v) is 2.68. The highest BCUT2D eigenvalue weighted by Crippen LogP contribution is 2.23. The van der Waals surface area contributed by atoms with Crippen molar-refractivity contribution in [1.29, 1.82) is 0 Å². The van der Waals surface area contributed by atoms with Crippen LogP contribution in [0.2, 0.25) is 5.02 Å². The Balaban J connectivity index is 2.03. The van der Waals surface area contributed by atoms with E-state index in [2.05, 4.69) is 54.1 Å². The predicted octanol–water partition coefficient (Wildman–Crippen LogP) is 4.96. The number of aryl methyl sites for hydroxylation is 2. The summed E-state index contributed by atoms with van der Waals surface area (Å²) in [5, 5.41) is 2.16. The SMILES string of the molecule is Cc1cc(Cn2cc(C)c3ccccc32)ccc1Cl. The summed E-state index contributed by atoms with van der Waals surface area (Å²) in [6.07, 6.45) is 2.22. The molecule has 96 valence electrons. The van der Waals surface area contributed by atoms with Gasteiger partial charge in [-0.2, -0.15) is 0 Å². The first kappa shape index (κ1) is 12.3. The molecule has 2 aromatic carbocycles. The summed E-state index contributed by atoms with van der Waals surface area (Å²) >= 11 is 6.08. The third-order valence-corrected chi connectivity index (χ3v) is 3.99. The molecule has 0 N–H and O–H groups in total. The smallest absolute Gasteiger partial charge is 0.0486 e. The molecular weight excluding hydrogens is 254 g/mol. The molecule has 1 nitrogen and oxygen atoms in total. The Morgan fingerprint density at radius 3 is 2.58 bits per heavy atom. The summed E-state index contributed by atoms with van der Waals surface area (Å²) in [6, 6.07) is 14.8. The molecule has 3 aromatic rings. The van der Waals surface area contributed by atoms with Crippen molar-refractivity contribution in [2.24, 2.45) is 0 Å². The van der Waals surface area contributed by atoms with Gasteiger partial charge in [0.05, 0.1) is 0 Å². The lowest BCUT2D eigenvalue weighted by Gasteiger charge is -2.07. The topological polar surface area (TPSA) is 4.93 Å². The summed E-state index contributed by atoms with van der Waals surface area (Å²) < 4.78 is 2.30. The van der Waals surface area contributed by atoms with Crippen LogP contribution in [0.3, 0.4) is 0 Å². The molecule has 0 aliphatic heterocycles. The minimum absolute atomic E-state index is 0.831. The molecule has 0 radical (unpaired) electrons. The number of halogens is 1. The summed E-state index contributed by atoms with van der Waals surface area (Å²) in [7, 11) is 0. The normalized spacial score (nSPS) is 11.1. The van der Waals surface area contributed by atoms with Crippen LogP contribution in [-0.2, 0) is 6.54 Å².